The number of nitrogens with one attached hydrogen (secondary N) is 2. The van der Waals surface area contributed by atoms with Crippen LogP contribution in [0.4, 0.5) is 4.79 Å². The highest BCUT2D eigenvalue weighted by Crippen LogP contribution is 2.14. The molecule has 0 unspecified atom stereocenters. The second-order valence-corrected chi connectivity index (χ2v) is 6.11. The van der Waals surface area contributed by atoms with Gasteiger partial charge in [-0.05, 0) is 32.9 Å². The number of ether oxygens (including phenoxy) is 1. The maximum Gasteiger partial charge on any atom is 0.315 e. The molecule has 0 aliphatic carbocycles. The molecule has 0 radical (unpaired) electrons. The number of carbonyl (C=O) groups is 1. The van der Waals surface area contributed by atoms with Crippen LogP contribution in [0.2, 0.25) is 0 Å². The van der Waals surface area contributed by atoms with Gasteiger partial charge in [-0.1, -0.05) is 17.7 Å². The first kappa shape index (κ1) is 16.3. The summed E-state index contributed by atoms with van der Waals surface area (Å²) in [6.45, 7) is 6.29. The Morgan fingerprint density at radius 3 is 2.68 bits per heavy atom. The van der Waals surface area contributed by atoms with Crippen LogP contribution in [0, 0.1) is 6.92 Å². The fraction of sp³-hybridized carbons (Fsp3) is 0.375. The molecule has 0 bridgehead atoms. The Labute approximate surface area is 134 Å². The number of carbonyl (C=O) groups excluding carboxylic acids is 1. The third kappa shape index (κ3) is 5.04. The average Bonchev–Trinajstić information content (AvgIpc) is 3.02. The van der Waals surface area contributed by atoms with E-state index in [1.165, 1.54) is 16.9 Å². The van der Waals surface area contributed by atoms with Gasteiger partial charge >= 0.3 is 6.03 Å². The molecule has 6 heteroatoms. The van der Waals surface area contributed by atoms with E-state index in [-0.39, 0.29) is 18.2 Å². The van der Waals surface area contributed by atoms with Crippen molar-refractivity contribution >= 4 is 17.4 Å². The second-order valence-electron chi connectivity index (χ2n) is 5.19. The van der Waals surface area contributed by atoms with E-state index in [1.807, 2.05) is 50.4 Å². The summed E-state index contributed by atoms with van der Waals surface area (Å²) in [7, 11) is 0. The summed E-state index contributed by atoms with van der Waals surface area (Å²) in [5.74, 6) is 0.802. The van der Waals surface area contributed by atoms with Crippen molar-refractivity contribution in [2.75, 3.05) is 6.54 Å². The lowest BCUT2D eigenvalue weighted by Crippen LogP contribution is -2.41. The van der Waals surface area contributed by atoms with Gasteiger partial charge in [0.1, 0.15) is 16.9 Å². The van der Waals surface area contributed by atoms with Crippen LogP contribution in [-0.2, 0) is 0 Å². The van der Waals surface area contributed by atoms with Gasteiger partial charge < -0.3 is 15.4 Å². The van der Waals surface area contributed by atoms with Gasteiger partial charge in [0.2, 0.25) is 0 Å². The number of amides is 2. The van der Waals surface area contributed by atoms with E-state index in [9.17, 15) is 4.79 Å². The minimum Gasteiger partial charge on any atom is -0.489 e. The van der Waals surface area contributed by atoms with E-state index in [0.717, 1.165) is 10.8 Å². The smallest absolute Gasteiger partial charge is 0.315 e. The number of benzene rings is 1. The number of aryl methyl sites for hydroxylation is 1. The summed E-state index contributed by atoms with van der Waals surface area (Å²) in [5.41, 5.74) is 1.19. The lowest BCUT2D eigenvalue weighted by Gasteiger charge is -2.17. The number of rotatable bonds is 6. The van der Waals surface area contributed by atoms with E-state index in [1.54, 1.807) is 6.20 Å². The first-order chi connectivity index (χ1) is 10.5. The molecule has 2 amide bonds. The Hall–Kier alpha value is -2.08. The van der Waals surface area contributed by atoms with Crippen molar-refractivity contribution < 1.29 is 9.53 Å². The molecule has 0 aliphatic heterocycles. The molecule has 118 valence electrons. The zero-order chi connectivity index (χ0) is 15.9. The fourth-order valence-electron chi connectivity index (χ4n) is 1.88. The Kier molecular flexibility index (Phi) is 5.77. The van der Waals surface area contributed by atoms with E-state index in [2.05, 4.69) is 15.6 Å². The molecule has 0 saturated heterocycles. The molecular weight excluding hydrogens is 298 g/mol. The summed E-state index contributed by atoms with van der Waals surface area (Å²) >= 11 is 1.52. The SMILES string of the molecule is Cc1ccc(O[C@@H](C)CNC(=O)N[C@H](C)c2nccs2)cc1. The average molecular weight is 319 g/mol. The fourth-order valence-corrected chi connectivity index (χ4v) is 2.53. The summed E-state index contributed by atoms with van der Waals surface area (Å²) in [6, 6.07) is 7.53. The Morgan fingerprint density at radius 1 is 1.32 bits per heavy atom. The van der Waals surface area contributed by atoms with Gasteiger partial charge in [0.15, 0.2) is 0 Å². The Bertz CT molecular complexity index is 584. The number of urea groups is 1. The van der Waals surface area contributed by atoms with Gasteiger partial charge in [0, 0.05) is 11.6 Å². The third-order valence-electron chi connectivity index (χ3n) is 3.08. The van der Waals surface area contributed by atoms with Crippen LogP contribution < -0.4 is 15.4 Å². The first-order valence-corrected chi connectivity index (χ1v) is 8.09. The summed E-state index contributed by atoms with van der Waals surface area (Å²) < 4.78 is 5.74. The Balaban J connectivity index is 1.72. The molecule has 2 N–H and O–H groups in total. The van der Waals surface area contributed by atoms with E-state index in [0.29, 0.717) is 6.54 Å². The molecule has 0 fully saturated rings. The molecule has 1 aromatic carbocycles. The highest BCUT2D eigenvalue weighted by molar-refractivity contribution is 7.09. The summed E-state index contributed by atoms with van der Waals surface area (Å²) in [6.07, 6.45) is 1.62. The molecule has 0 saturated carbocycles. The van der Waals surface area contributed by atoms with Gasteiger partial charge in [-0.15, -0.1) is 11.3 Å². The highest BCUT2D eigenvalue weighted by atomic mass is 32.1. The van der Waals surface area contributed by atoms with Crippen molar-refractivity contribution in [3.63, 3.8) is 0 Å². The van der Waals surface area contributed by atoms with Crippen LogP contribution in [0.1, 0.15) is 30.5 Å². The molecule has 22 heavy (non-hydrogen) atoms. The predicted octanol–water partition coefficient (Wildman–Crippen LogP) is 3.28. The predicted molar refractivity (Wildman–Crippen MR) is 88.3 cm³/mol. The monoisotopic (exact) mass is 319 g/mol. The Morgan fingerprint density at radius 2 is 2.05 bits per heavy atom. The van der Waals surface area contributed by atoms with E-state index in [4.69, 9.17) is 4.74 Å². The van der Waals surface area contributed by atoms with Gasteiger partial charge in [-0.25, -0.2) is 9.78 Å². The molecule has 1 heterocycles. The van der Waals surface area contributed by atoms with Gasteiger partial charge in [-0.2, -0.15) is 0 Å². The van der Waals surface area contributed by atoms with Gasteiger partial charge in [-0.3, -0.25) is 0 Å². The van der Waals surface area contributed by atoms with Gasteiger partial charge in [0.25, 0.3) is 0 Å². The van der Waals surface area contributed by atoms with Crippen LogP contribution in [-0.4, -0.2) is 23.7 Å². The molecule has 2 rings (SSSR count). The lowest BCUT2D eigenvalue weighted by molar-refractivity contribution is 0.206. The topological polar surface area (TPSA) is 63.2 Å². The van der Waals surface area contributed by atoms with Crippen molar-refractivity contribution in [3.8, 4) is 5.75 Å². The van der Waals surface area contributed by atoms with E-state index >= 15 is 0 Å². The van der Waals surface area contributed by atoms with Crippen LogP contribution in [0.5, 0.6) is 5.75 Å². The lowest BCUT2D eigenvalue weighted by atomic mass is 10.2. The molecule has 0 spiro atoms. The van der Waals surface area contributed by atoms with Crippen LogP contribution in [0.25, 0.3) is 0 Å². The zero-order valence-electron chi connectivity index (χ0n) is 13.0. The van der Waals surface area contributed by atoms with E-state index < -0.39 is 0 Å². The normalized spacial score (nSPS) is 13.2. The maximum atomic E-state index is 11.8. The number of hydrogen-bond acceptors (Lipinski definition) is 4. The van der Waals surface area contributed by atoms with Crippen molar-refractivity contribution in [2.45, 2.75) is 32.9 Å². The standard InChI is InChI=1S/C16H21N3O2S/c1-11-4-6-14(7-5-11)21-12(2)10-18-16(20)19-13(3)15-17-8-9-22-15/h4-9,12-13H,10H2,1-3H3,(H2,18,19,20)/t12-,13+/m0/s1. The quantitative estimate of drug-likeness (QED) is 0.859. The van der Waals surface area contributed by atoms with Gasteiger partial charge in [0.05, 0.1) is 12.6 Å². The molecule has 0 aliphatic rings. The number of hydrogen-bond donors (Lipinski definition) is 2. The zero-order valence-corrected chi connectivity index (χ0v) is 13.8. The van der Waals surface area contributed by atoms with Crippen molar-refractivity contribution in [3.05, 3.63) is 46.4 Å². The first-order valence-electron chi connectivity index (χ1n) is 7.21. The molecular formula is C16H21N3O2S. The molecule has 5 nitrogen and oxygen atoms in total. The van der Waals surface area contributed by atoms with Crippen LogP contribution >= 0.6 is 11.3 Å². The minimum absolute atomic E-state index is 0.103. The van der Waals surface area contributed by atoms with Crippen molar-refractivity contribution in [1.29, 1.82) is 0 Å². The number of aromatic nitrogens is 1. The maximum absolute atomic E-state index is 11.8. The molecule has 2 aromatic rings. The summed E-state index contributed by atoms with van der Waals surface area (Å²) in [4.78, 5) is 16.0. The van der Waals surface area contributed by atoms with Crippen LogP contribution in [0.3, 0.4) is 0 Å². The minimum atomic E-state index is -0.220. The number of thiazole rings is 1. The largest absolute Gasteiger partial charge is 0.489 e. The molecule has 1 aromatic heterocycles. The third-order valence-corrected chi connectivity index (χ3v) is 4.04. The second kappa shape index (κ2) is 7.79. The number of nitrogens with zero attached hydrogens (tertiary/aromatic N) is 1. The van der Waals surface area contributed by atoms with Crippen molar-refractivity contribution in [1.82, 2.24) is 15.6 Å². The van der Waals surface area contributed by atoms with Crippen molar-refractivity contribution in [2.24, 2.45) is 0 Å². The highest BCUT2D eigenvalue weighted by Gasteiger charge is 2.12. The summed E-state index contributed by atoms with van der Waals surface area (Å²) in [5, 5.41) is 8.44. The molecule has 2 atom stereocenters. The van der Waals surface area contributed by atoms with Crippen LogP contribution in [0.15, 0.2) is 35.8 Å².